The number of carboxylic acids is 3. The smallest absolute Gasteiger partial charge is 0.326 e. The van der Waals surface area contributed by atoms with Crippen LogP contribution in [-0.2, 0) is 71.7 Å². The van der Waals surface area contributed by atoms with E-state index in [0.29, 0.717) is 25.8 Å². The molecule has 0 radical (unpaired) electrons. The summed E-state index contributed by atoms with van der Waals surface area (Å²) in [7, 11) is 1.71. The minimum absolute atomic E-state index is 0.0156. The molecule has 0 bridgehead atoms. The van der Waals surface area contributed by atoms with Crippen molar-refractivity contribution in [1.29, 1.82) is 0 Å². The van der Waals surface area contributed by atoms with Gasteiger partial charge in [-0.25, -0.2) is 9.59 Å². The first-order valence-electron chi connectivity index (χ1n) is 29.5. The number of likely N-dealkylation sites (N-methyl/N-ethyl adjacent to an activating group) is 1. The Morgan fingerprint density at radius 2 is 0.744 bits per heavy atom. The van der Waals surface area contributed by atoms with Gasteiger partial charge >= 0.3 is 17.9 Å². The van der Waals surface area contributed by atoms with E-state index >= 15 is 0 Å². The molecule has 4 atom stereocenters. The summed E-state index contributed by atoms with van der Waals surface area (Å²) < 4.78 is 21.3. The monoisotopic (exact) mass is 1170 g/mol. The summed E-state index contributed by atoms with van der Waals surface area (Å²) in [5.74, 6) is -6.98. The lowest BCUT2D eigenvalue weighted by atomic mass is 10.0. The number of nitrogens with one attached hydrogen (secondary N) is 7. The van der Waals surface area contributed by atoms with Gasteiger partial charge in [-0.05, 0) is 65.3 Å². The molecular weight excluding hydrogens is 1070 g/mol. The van der Waals surface area contributed by atoms with Crippen LogP contribution >= 0.6 is 0 Å². The van der Waals surface area contributed by atoms with Gasteiger partial charge in [-0.15, -0.1) is 0 Å². The summed E-state index contributed by atoms with van der Waals surface area (Å²) in [5.41, 5.74) is 5.39. The Morgan fingerprint density at radius 3 is 1.16 bits per heavy atom. The largest absolute Gasteiger partial charge is 0.481 e. The van der Waals surface area contributed by atoms with Gasteiger partial charge in [-0.1, -0.05) is 89.9 Å². The van der Waals surface area contributed by atoms with Crippen molar-refractivity contribution in [1.82, 2.24) is 37.2 Å². The number of hydrogen-bond donors (Lipinski definition) is 11. The van der Waals surface area contributed by atoms with E-state index in [1.165, 1.54) is 58.3 Å². The second-order valence-corrected chi connectivity index (χ2v) is 20.2. The maximum Gasteiger partial charge on any atom is 0.326 e. The first kappa shape index (κ1) is 76.3. The van der Waals surface area contributed by atoms with Crippen LogP contribution in [0.3, 0.4) is 0 Å². The quantitative estimate of drug-likeness (QED) is 0.0389. The molecule has 0 aliphatic rings. The van der Waals surface area contributed by atoms with Gasteiger partial charge in [0.05, 0.1) is 58.3 Å². The van der Waals surface area contributed by atoms with E-state index in [-0.39, 0.29) is 153 Å². The molecule has 6 amide bonds. The Labute approximate surface area is 484 Å². The first-order chi connectivity index (χ1) is 39.4. The number of ether oxygens (including phenoxy) is 4. The average molecular weight is 1170 g/mol. The molecule has 0 aliphatic carbocycles. The second kappa shape index (κ2) is 52.2. The second-order valence-electron chi connectivity index (χ2n) is 20.2. The van der Waals surface area contributed by atoms with Crippen LogP contribution < -0.4 is 43.0 Å². The number of carbonyl (C=O) groups excluding carboxylic acids is 8. The maximum atomic E-state index is 12.7. The zero-order valence-electron chi connectivity index (χ0n) is 48.9. The number of hydrogen-bond acceptors (Lipinski definition) is 17. The van der Waals surface area contributed by atoms with Crippen LogP contribution in [0.5, 0.6) is 0 Å². The van der Waals surface area contributed by atoms with E-state index in [2.05, 4.69) is 37.2 Å². The molecule has 0 saturated carbocycles. The highest BCUT2D eigenvalue weighted by Gasteiger charge is 2.26. The number of ketones is 2. The normalized spacial score (nSPS) is 12.5. The minimum Gasteiger partial charge on any atom is -0.481 e. The summed E-state index contributed by atoms with van der Waals surface area (Å²) in [5, 5.41) is 46.1. The summed E-state index contributed by atoms with van der Waals surface area (Å²) in [6.45, 7) is 2.61. The van der Waals surface area contributed by atoms with Crippen molar-refractivity contribution in [2.24, 2.45) is 5.73 Å². The van der Waals surface area contributed by atoms with Crippen LogP contribution in [0.15, 0.2) is 0 Å². The van der Waals surface area contributed by atoms with Gasteiger partial charge in [0.1, 0.15) is 25.3 Å². The van der Waals surface area contributed by atoms with Crippen LogP contribution in [0.25, 0.3) is 0 Å². The third-order valence-electron chi connectivity index (χ3n) is 13.1. The van der Waals surface area contributed by atoms with Crippen molar-refractivity contribution in [2.45, 2.75) is 204 Å². The number of unbranched alkanes of at least 4 members (excludes halogenated alkanes) is 16. The molecule has 0 spiro atoms. The molecule has 26 nitrogen and oxygen atoms in total. The third-order valence-corrected chi connectivity index (χ3v) is 13.1. The minimum atomic E-state index is -1.50. The highest BCUT2D eigenvalue weighted by atomic mass is 16.5. The van der Waals surface area contributed by atoms with Crippen molar-refractivity contribution >= 4 is 64.9 Å². The lowest BCUT2D eigenvalue weighted by Gasteiger charge is -2.18. The Kier molecular flexibility index (Phi) is 48.5. The molecule has 12 N–H and O–H groups in total. The number of carboxylic acid groups (broad SMARTS) is 3. The third kappa shape index (κ3) is 46.9. The lowest BCUT2D eigenvalue weighted by Crippen LogP contribution is -2.45. The fraction of sp³-hybridized carbons (Fsp3) is 0.804. The standard InChI is InChI=1S/C56H100N8O18/c1-42(65)43(62-49(68)22-17-15-13-11-9-7-5-3-4-6-8-10-12-14-16-18-23-54(73)74)24-28-50(69)64-46(56(77)78)26-29-51(70)63-45(55(75)76)25-27-48(67)60-31-33-79-35-38-82-41-53(72)61-32-34-80-36-37-81-40-52(71)59-30-20-19-21-44(58-2)47(66)39-57/h43-46,58H,3-41,57H2,1-2H3,(H,59,71)(H,60,67)(H,61,72)(H,62,68)(H,63,70)(H,64,69)(H,73,74)(H,75,76)(H,77,78)/t43?,44-,45?,46?/m0/s1. The van der Waals surface area contributed by atoms with Gasteiger partial charge in [0, 0.05) is 51.7 Å². The lowest BCUT2D eigenvalue weighted by molar-refractivity contribution is -0.143. The molecule has 0 heterocycles. The van der Waals surface area contributed by atoms with Gasteiger partial charge in [0.2, 0.25) is 35.4 Å². The number of aliphatic carboxylic acids is 3. The van der Waals surface area contributed by atoms with E-state index in [9.17, 15) is 63.0 Å². The van der Waals surface area contributed by atoms with Crippen LogP contribution in [-0.4, -0.2) is 190 Å². The van der Waals surface area contributed by atoms with Gasteiger partial charge in [0.15, 0.2) is 11.6 Å². The molecule has 0 aromatic heterocycles. The molecule has 3 unspecified atom stereocenters. The van der Waals surface area contributed by atoms with Crippen molar-refractivity contribution in [2.75, 3.05) is 86.1 Å². The Hall–Kier alpha value is -5.67. The Morgan fingerprint density at radius 1 is 0.378 bits per heavy atom. The van der Waals surface area contributed by atoms with Gasteiger partial charge in [0.25, 0.3) is 0 Å². The fourth-order valence-corrected chi connectivity index (χ4v) is 8.35. The summed E-state index contributed by atoms with van der Waals surface area (Å²) in [4.78, 5) is 132. The average Bonchev–Trinajstić information content (AvgIpc) is 3.44. The molecule has 0 aromatic rings. The molecule has 26 heteroatoms. The van der Waals surface area contributed by atoms with Gasteiger partial charge in [-0.2, -0.15) is 0 Å². The molecule has 0 fully saturated rings. The highest BCUT2D eigenvalue weighted by Crippen LogP contribution is 2.15. The maximum absolute atomic E-state index is 12.7. The fourth-order valence-electron chi connectivity index (χ4n) is 8.35. The zero-order chi connectivity index (χ0) is 61.0. The topological polar surface area (TPSA) is 396 Å². The van der Waals surface area contributed by atoms with Crippen molar-refractivity contribution in [3.63, 3.8) is 0 Å². The highest BCUT2D eigenvalue weighted by molar-refractivity contribution is 5.89. The number of amides is 6. The van der Waals surface area contributed by atoms with Crippen molar-refractivity contribution in [3.8, 4) is 0 Å². The van der Waals surface area contributed by atoms with Crippen LogP contribution in [0.1, 0.15) is 180 Å². The molecule has 0 aromatic carbocycles. The predicted molar refractivity (Wildman–Crippen MR) is 303 cm³/mol. The van der Waals surface area contributed by atoms with Crippen molar-refractivity contribution < 1.29 is 87.0 Å². The van der Waals surface area contributed by atoms with Crippen LogP contribution in [0, 0.1) is 0 Å². The van der Waals surface area contributed by atoms with Gasteiger partial charge in [-0.3, -0.25) is 43.2 Å². The van der Waals surface area contributed by atoms with Gasteiger partial charge < -0.3 is 77.2 Å². The van der Waals surface area contributed by atoms with Crippen molar-refractivity contribution in [3.05, 3.63) is 0 Å². The molecular formula is C56H100N8O18. The first-order valence-corrected chi connectivity index (χ1v) is 29.5. The summed E-state index contributed by atoms with van der Waals surface area (Å²) in [6, 6.07) is -4.19. The number of nitrogens with two attached hydrogens (primary N) is 1. The molecule has 82 heavy (non-hydrogen) atoms. The number of Topliss-reactive ketones (excluding diaryl/α,β-unsaturated/α-hetero) is 2. The van der Waals surface area contributed by atoms with E-state index in [4.69, 9.17) is 29.8 Å². The number of rotatable bonds is 58. The predicted octanol–water partition coefficient (Wildman–Crippen LogP) is 2.35. The van der Waals surface area contributed by atoms with Crippen LogP contribution in [0.4, 0.5) is 0 Å². The Balaban J connectivity index is 4.13. The molecule has 0 saturated heterocycles. The van der Waals surface area contributed by atoms with E-state index in [0.717, 1.165) is 51.4 Å². The Bertz CT molecular complexity index is 1850. The van der Waals surface area contributed by atoms with E-state index in [1.807, 2.05) is 0 Å². The zero-order valence-corrected chi connectivity index (χ0v) is 48.9. The molecule has 0 aliphatic heterocycles. The SMILES string of the molecule is CN[C@@H](CCCCNC(=O)COCCOCCNC(=O)COCCOCCNC(=O)CCC(NC(=O)CCC(NC(=O)CCC(NC(=O)CCCCCCCCCCCCCCCCCCC(=O)O)C(C)=O)C(=O)O)C(=O)O)C(=O)CN. The van der Waals surface area contributed by atoms with Crippen LogP contribution in [0.2, 0.25) is 0 Å². The molecule has 472 valence electrons. The number of carbonyl (C=O) groups is 11. The van der Waals surface area contributed by atoms with E-state index in [1.54, 1.807) is 7.05 Å². The molecule has 0 rings (SSSR count). The summed E-state index contributed by atoms with van der Waals surface area (Å²) >= 11 is 0. The van der Waals surface area contributed by atoms with E-state index < -0.39 is 60.2 Å². The summed E-state index contributed by atoms with van der Waals surface area (Å²) in [6.07, 6.45) is 18.2.